The highest BCUT2D eigenvalue weighted by atomic mass is 15.2. The van der Waals surface area contributed by atoms with E-state index in [4.69, 9.17) is 5.73 Å². The molecule has 3 nitrogen and oxygen atoms in total. The first-order valence-corrected chi connectivity index (χ1v) is 5.99. The SMILES string of the molecule is NCC1(c2cnn3ccccc23)CCCC1. The highest BCUT2D eigenvalue weighted by Gasteiger charge is 2.36. The summed E-state index contributed by atoms with van der Waals surface area (Å²) in [5.41, 5.74) is 8.76. The average molecular weight is 215 g/mol. The number of pyridine rings is 1. The standard InChI is InChI=1S/C13H17N3/c14-10-13(6-2-3-7-13)11-9-15-16-8-4-1-5-12(11)16/h1,4-5,8-9H,2-3,6-7,10,14H2. The predicted molar refractivity (Wildman–Crippen MR) is 64.4 cm³/mol. The van der Waals surface area contributed by atoms with Crippen LogP contribution in [-0.4, -0.2) is 16.2 Å². The van der Waals surface area contributed by atoms with Crippen LogP contribution in [0.15, 0.2) is 30.6 Å². The second-order valence-corrected chi connectivity index (χ2v) is 4.78. The fourth-order valence-electron chi connectivity index (χ4n) is 2.98. The summed E-state index contributed by atoms with van der Waals surface area (Å²) in [5.74, 6) is 0. The van der Waals surface area contributed by atoms with Crippen LogP contribution < -0.4 is 5.73 Å². The molecule has 1 fully saturated rings. The maximum absolute atomic E-state index is 6.01. The lowest BCUT2D eigenvalue weighted by Gasteiger charge is -2.26. The number of hydrogen-bond donors (Lipinski definition) is 1. The summed E-state index contributed by atoms with van der Waals surface area (Å²) in [6.45, 7) is 0.739. The van der Waals surface area contributed by atoms with Crippen molar-refractivity contribution in [3.8, 4) is 0 Å². The molecule has 0 aromatic carbocycles. The van der Waals surface area contributed by atoms with E-state index in [0.29, 0.717) is 0 Å². The normalized spacial score (nSPS) is 19.3. The van der Waals surface area contributed by atoms with Gasteiger partial charge in [-0.2, -0.15) is 5.10 Å². The minimum absolute atomic E-state index is 0.184. The molecule has 0 atom stereocenters. The Bertz CT molecular complexity index is 495. The summed E-state index contributed by atoms with van der Waals surface area (Å²) in [5, 5.41) is 4.42. The minimum Gasteiger partial charge on any atom is -0.330 e. The predicted octanol–water partition coefficient (Wildman–Crippen LogP) is 2.10. The fourth-order valence-corrected chi connectivity index (χ4v) is 2.98. The van der Waals surface area contributed by atoms with E-state index in [0.717, 1.165) is 6.54 Å². The molecule has 16 heavy (non-hydrogen) atoms. The van der Waals surface area contributed by atoms with Gasteiger partial charge in [-0.05, 0) is 25.0 Å². The van der Waals surface area contributed by atoms with E-state index in [2.05, 4.69) is 17.2 Å². The van der Waals surface area contributed by atoms with Crippen molar-refractivity contribution < 1.29 is 0 Å². The monoisotopic (exact) mass is 215 g/mol. The molecule has 84 valence electrons. The third-order valence-electron chi connectivity index (χ3n) is 3.95. The van der Waals surface area contributed by atoms with Crippen molar-refractivity contribution in [2.75, 3.05) is 6.54 Å². The van der Waals surface area contributed by atoms with Crippen molar-refractivity contribution in [2.24, 2.45) is 5.73 Å². The van der Waals surface area contributed by atoms with Crippen LogP contribution in [0.3, 0.4) is 0 Å². The van der Waals surface area contributed by atoms with Crippen LogP contribution in [-0.2, 0) is 5.41 Å². The minimum atomic E-state index is 0.184. The molecule has 0 saturated heterocycles. The Morgan fingerprint density at radius 3 is 2.88 bits per heavy atom. The van der Waals surface area contributed by atoms with Gasteiger partial charge in [-0.15, -0.1) is 0 Å². The number of nitrogens with zero attached hydrogens (tertiary/aromatic N) is 2. The van der Waals surface area contributed by atoms with Gasteiger partial charge in [0, 0.05) is 23.7 Å². The van der Waals surface area contributed by atoms with E-state index in [1.807, 2.05) is 23.0 Å². The van der Waals surface area contributed by atoms with Crippen molar-refractivity contribution in [1.29, 1.82) is 0 Å². The third-order valence-corrected chi connectivity index (χ3v) is 3.95. The fraction of sp³-hybridized carbons (Fsp3) is 0.462. The van der Waals surface area contributed by atoms with Crippen molar-refractivity contribution in [3.63, 3.8) is 0 Å². The molecular weight excluding hydrogens is 198 g/mol. The van der Waals surface area contributed by atoms with E-state index >= 15 is 0 Å². The average Bonchev–Trinajstić information content (AvgIpc) is 2.96. The molecule has 0 amide bonds. The molecule has 3 rings (SSSR count). The number of hydrogen-bond acceptors (Lipinski definition) is 2. The first-order chi connectivity index (χ1) is 7.86. The zero-order valence-corrected chi connectivity index (χ0v) is 9.39. The van der Waals surface area contributed by atoms with Crippen molar-refractivity contribution in [3.05, 3.63) is 36.2 Å². The topological polar surface area (TPSA) is 43.3 Å². The molecule has 2 aromatic rings. The molecule has 0 unspecified atom stereocenters. The van der Waals surface area contributed by atoms with Crippen LogP contribution >= 0.6 is 0 Å². The Morgan fingerprint density at radius 2 is 2.12 bits per heavy atom. The van der Waals surface area contributed by atoms with Gasteiger partial charge in [-0.1, -0.05) is 18.9 Å². The molecule has 2 N–H and O–H groups in total. The van der Waals surface area contributed by atoms with Crippen molar-refractivity contribution >= 4 is 5.52 Å². The molecule has 0 spiro atoms. The second-order valence-electron chi connectivity index (χ2n) is 4.78. The number of rotatable bonds is 2. The van der Waals surface area contributed by atoms with Gasteiger partial charge in [0.1, 0.15) is 0 Å². The van der Waals surface area contributed by atoms with Gasteiger partial charge in [0.25, 0.3) is 0 Å². The quantitative estimate of drug-likeness (QED) is 0.833. The zero-order chi connectivity index (χ0) is 11.0. The van der Waals surface area contributed by atoms with Crippen LogP contribution in [0.2, 0.25) is 0 Å². The first kappa shape index (κ1) is 9.85. The molecule has 0 aliphatic heterocycles. The molecule has 0 radical (unpaired) electrons. The second kappa shape index (κ2) is 3.59. The maximum Gasteiger partial charge on any atom is 0.0699 e. The summed E-state index contributed by atoms with van der Waals surface area (Å²) in [4.78, 5) is 0. The van der Waals surface area contributed by atoms with Gasteiger partial charge < -0.3 is 5.73 Å². The lowest BCUT2D eigenvalue weighted by Crippen LogP contribution is -2.31. The van der Waals surface area contributed by atoms with Crippen LogP contribution in [0.1, 0.15) is 31.2 Å². The Labute approximate surface area is 95.3 Å². The largest absolute Gasteiger partial charge is 0.330 e. The number of fused-ring (bicyclic) bond motifs is 1. The third kappa shape index (κ3) is 1.28. The summed E-state index contributed by atoms with van der Waals surface area (Å²) < 4.78 is 1.95. The smallest absolute Gasteiger partial charge is 0.0699 e. The van der Waals surface area contributed by atoms with Gasteiger partial charge >= 0.3 is 0 Å². The molecule has 2 aromatic heterocycles. The maximum atomic E-state index is 6.01. The van der Waals surface area contributed by atoms with Gasteiger partial charge in [0.2, 0.25) is 0 Å². The zero-order valence-electron chi connectivity index (χ0n) is 9.39. The molecule has 1 aliphatic carbocycles. The Morgan fingerprint density at radius 1 is 1.31 bits per heavy atom. The van der Waals surface area contributed by atoms with Crippen LogP contribution in [0, 0.1) is 0 Å². The van der Waals surface area contributed by atoms with Gasteiger partial charge in [0.05, 0.1) is 11.7 Å². The van der Waals surface area contributed by atoms with E-state index in [1.54, 1.807) is 0 Å². The lowest BCUT2D eigenvalue weighted by molar-refractivity contribution is 0.456. The highest BCUT2D eigenvalue weighted by Crippen LogP contribution is 2.41. The highest BCUT2D eigenvalue weighted by molar-refractivity contribution is 5.57. The summed E-state index contributed by atoms with van der Waals surface area (Å²) in [7, 11) is 0. The van der Waals surface area contributed by atoms with Crippen LogP contribution in [0.4, 0.5) is 0 Å². The van der Waals surface area contributed by atoms with E-state index in [-0.39, 0.29) is 5.41 Å². The summed E-state index contributed by atoms with van der Waals surface area (Å²) in [6, 6.07) is 6.21. The van der Waals surface area contributed by atoms with Gasteiger partial charge in [-0.25, -0.2) is 4.52 Å². The molecular formula is C13H17N3. The first-order valence-electron chi connectivity index (χ1n) is 5.99. The summed E-state index contributed by atoms with van der Waals surface area (Å²) in [6.07, 6.45) is 9.01. The summed E-state index contributed by atoms with van der Waals surface area (Å²) >= 11 is 0. The molecule has 1 saturated carbocycles. The van der Waals surface area contributed by atoms with Gasteiger partial charge in [0.15, 0.2) is 0 Å². The molecule has 2 heterocycles. The van der Waals surface area contributed by atoms with E-state index < -0.39 is 0 Å². The number of aromatic nitrogens is 2. The Kier molecular flexibility index (Phi) is 2.21. The molecule has 0 bridgehead atoms. The van der Waals surface area contributed by atoms with Crippen LogP contribution in [0.5, 0.6) is 0 Å². The molecule has 1 aliphatic rings. The lowest BCUT2D eigenvalue weighted by atomic mass is 9.79. The van der Waals surface area contributed by atoms with Gasteiger partial charge in [-0.3, -0.25) is 0 Å². The Hall–Kier alpha value is -1.35. The number of nitrogens with two attached hydrogens (primary N) is 1. The van der Waals surface area contributed by atoms with E-state index in [9.17, 15) is 0 Å². The van der Waals surface area contributed by atoms with E-state index in [1.165, 1.54) is 36.8 Å². The van der Waals surface area contributed by atoms with Crippen LogP contribution in [0.25, 0.3) is 5.52 Å². The molecule has 3 heteroatoms. The van der Waals surface area contributed by atoms with Crippen molar-refractivity contribution in [1.82, 2.24) is 9.61 Å². The van der Waals surface area contributed by atoms with Crippen molar-refractivity contribution in [2.45, 2.75) is 31.1 Å². The Balaban J connectivity index is 2.17.